The number of ether oxygens (including phenoxy) is 2. The van der Waals surface area contributed by atoms with Gasteiger partial charge >= 0.3 is 6.09 Å². The number of hydrogen-bond donors (Lipinski definition) is 1. The van der Waals surface area contributed by atoms with E-state index in [0.717, 1.165) is 23.1 Å². The summed E-state index contributed by atoms with van der Waals surface area (Å²) < 4.78 is 10.3. The van der Waals surface area contributed by atoms with E-state index in [2.05, 4.69) is 11.1 Å². The number of aromatic nitrogens is 1. The summed E-state index contributed by atoms with van der Waals surface area (Å²) in [7, 11) is 1.67. The first kappa shape index (κ1) is 14.5. The summed E-state index contributed by atoms with van der Waals surface area (Å²) in [6, 6.07) is 6.01. The van der Waals surface area contributed by atoms with Gasteiger partial charge < -0.3 is 19.4 Å². The van der Waals surface area contributed by atoms with Crippen molar-refractivity contribution in [2.75, 3.05) is 26.8 Å². The Kier molecular flexibility index (Phi) is 4.04. The van der Waals surface area contributed by atoms with Crippen LogP contribution in [0.3, 0.4) is 0 Å². The first-order valence-corrected chi connectivity index (χ1v) is 7.49. The minimum atomic E-state index is -0.238. The summed E-state index contributed by atoms with van der Waals surface area (Å²) in [4.78, 5) is 16.8. The summed E-state index contributed by atoms with van der Waals surface area (Å²) in [5, 5.41) is 1.15. The number of methoxy groups -OCH3 is 1. The minimum Gasteiger partial charge on any atom is -0.497 e. The van der Waals surface area contributed by atoms with Crippen LogP contribution in [0, 0.1) is 0 Å². The maximum atomic E-state index is 11.7. The second-order valence-corrected chi connectivity index (χ2v) is 5.24. The highest BCUT2D eigenvalue weighted by Gasteiger charge is 2.20. The van der Waals surface area contributed by atoms with Gasteiger partial charge in [-0.2, -0.15) is 0 Å². The van der Waals surface area contributed by atoms with Crippen LogP contribution in [0.5, 0.6) is 5.75 Å². The normalized spacial score (nSPS) is 14.8. The molecule has 3 rings (SSSR count). The van der Waals surface area contributed by atoms with Gasteiger partial charge in [0.1, 0.15) is 5.75 Å². The number of H-pyrrole nitrogens is 1. The van der Waals surface area contributed by atoms with E-state index in [1.807, 2.05) is 31.3 Å². The van der Waals surface area contributed by atoms with Gasteiger partial charge in [0.2, 0.25) is 0 Å². The fourth-order valence-corrected chi connectivity index (χ4v) is 2.79. The summed E-state index contributed by atoms with van der Waals surface area (Å²) in [5.74, 6) is 0.845. The van der Waals surface area contributed by atoms with Crippen molar-refractivity contribution in [2.45, 2.75) is 13.3 Å². The van der Waals surface area contributed by atoms with Crippen molar-refractivity contribution in [3.63, 3.8) is 0 Å². The van der Waals surface area contributed by atoms with Crippen LogP contribution in [0.1, 0.15) is 18.9 Å². The van der Waals surface area contributed by atoms with Crippen molar-refractivity contribution >= 4 is 22.6 Å². The van der Waals surface area contributed by atoms with Gasteiger partial charge in [-0.05, 0) is 37.1 Å². The Hall–Kier alpha value is -2.43. The van der Waals surface area contributed by atoms with Gasteiger partial charge in [-0.25, -0.2) is 4.79 Å². The third-order valence-corrected chi connectivity index (χ3v) is 3.97. The lowest BCUT2D eigenvalue weighted by molar-refractivity contribution is 0.111. The Labute approximate surface area is 129 Å². The lowest BCUT2D eigenvalue weighted by Crippen LogP contribution is -2.35. The standard InChI is InChI=1S/C17H20N2O3/c1-3-22-17(20)19-8-6-12(7-9-19)15-11-18-16-5-4-13(21-2)10-14(15)16/h4-6,10-11,18H,3,7-9H2,1-2H3. The van der Waals surface area contributed by atoms with Crippen molar-refractivity contribution < 1.29 is 14.3 Å². The molecule has 22 heavy (non-hydrogen) atoms. The van der Waals surface area contributed by atoms with Crippen molar-refractivity contribution in [1.29, 1.82) is 0 Å². The van der Waals surface area contributed by atoms with Crippen LogP contribution in [-0.4, -0.2) is 42.8 Å². The highest BCUT2D eigenvalue weighted by Crippen LogP contribution is 2.31. The molecule has 5 heteroatoms. The number of hydrogen-bond acceptors (Lipinski definition) is 3. The van der Waals surface area contributed by atoms with E-state index in [-0.39, 0.29) is 6.09 Å². The number of rotatable bonds is 3. The van der Waals surface area contributed by atoms with Crippen molar-refractivity contribution in [3.8, 4) is 5.75 Å². The van der Waals surface area contributed by atoms with Crippen LogP contribution in [0.25, 0.3) is 16.5 Å². The van der Waals surface area contributed by atoms with Gasteiger partial charge in [-0.15, -0.1) is 0 Å². The van der Waals surface area contributed by atoms with Crippen molar-refractivity contribution in [2.24, 2.45) is 0 Å². The van der Waals surface area contributed by atoms with Crippen LogP contribution in [0.4, 0.5) is 4.79 Å². The summed E-state index contributed by atoms with van der Waals surface area (Å²) in [5.41, 5.74) is 3.52. The molecule has 1 aromatic carbocycles. The van der Waals surface area contributed by atoms with E-state index < -0.39 is 0 Å². The zero-order chi connectivity index (χ0) is 15.5. The van der Waals surface area contributed by atoms with Gasteiger partial charge in [0.25, 0.3) is 0 Å². The van der Waals surface area contributed by atoms with E-state index in [1.54, 1.807) is 12.0 Å². The monoisotopic (exact) mass is 300 g/mol. The van der Waals surface area contributed by atoms with E-state index >= 15 is 0 Å². The number of aromatic amines is 1. The SMILES string of the molecule is CCOC(=O)N1CC=C(c2c[nH]c3ccc(OC)cc23)CC1. The number of benzene rings is 1. The molecular weight excluding hydrogens is 280 g/mol. The number of fused-ring (bicyclic) bond motifs is 1. The fourth-order valence-electron chi connectivity index (χ4n) is 2.79. The molecule has 0 fully saturated rings. The first-order valence-electron chi connectivity index (χ1n) is 7.49. The molecular formula is C17H20N2O3. The van der Waals surface area contributed by atoms with Crippen molar-refractivity contribution in [3.05, 3.63) is 36.0 Å². The van der Waals surface area contributed by atoms with Crippen LogP contribution >= 0.6 is 0 Å². The Morgan fingerprint density at radius 3 is 2.95 bits per heavy atom. The zero-order valence-corrected chi connectivity index (χ0v) is 12.9. The lowest BCUT2D eigenvalue weighted by atomic mass is 9.99. The Morgan fingerprint density at radius 1 is 1.41 bits per heavy atom. The molecule has 0 radical (unpaired) electrons. The maximum Gasteiger partial charge on any atom is 0.410 e. The molecule has 0 unspecified atom stereocenters. The first-order chi connectivity index (χ1) is 10.7. The maximum absolute atomic E-state index is 11.7. The molecule has 0 saturated heterocycles. The summed E-state index contributed by atoms with van der Waals surface area (Å²) in [6.45, 7) is 3.50. The number of carbonyl (C=O) groups is 1. The molecule has 2 aromatic rings. The summed E-state index contributed by atoms with van der Waals surface area (Å²) >= 11 is 0. The van der Waals surface area contributed by atoms with E-state index in [1.165, 1.54) is 11.1 Å². The second-order valence-electron chi connectivity index (χ2n) is 5.24. The zero-order valence-electron chi connectivity index (χ0n) is 12.9. The smallest absolute Gasteiger partial charge is 0.410 e. The van der Waals surface area contributed by atoms with Gasteiger partial charge in [-0.3, -0.25) is 0 Å². The van der Waals surface area contributed by atoms with Gasteiger partial charge in [0, 0.05) is 35.8 Å². The molecule has 1 aliphatic heterocycles. The highest BCUT2D eigenvalue weighted by molar-refractivity contribution is 5.93. The molecule has 0 aliphatic carbocycles. The van der Waals surface area contributed by atoms with E-state index in [9.17, 15) is 4.79 Å². The van der Waals surface area contributed by atoms with Crippen LogP contribution in [0.15, 0.2) is 30.5 Å². The van der Waals surface area contributed by atoms with Gasteiger partial charge in [0.05, 0.1) is 13.7 Å². The van der Waals surface area contributed by atoms with Crippen molar-refractivity contribution in [1.82, 2.24) is 9.88 Å². The fraction of sp³-hybridized carbons (Fsp3) is 0.353. The van der Waals surface area contributed by atoms with Crippen LogP contribution < -0.4 is 4.74 Å². The molecule has 0 atom stereocenters. The molecule has 0 bridgehead atoms. The van der Waals surface area contributed by atoms with E-state index in [0.29, 0.717) is 19.7 Å². The summed E-state index contributed by atoms with van der Waals surface area (Å²) in [6.07, 6.45) is 4.71. The minimum absolute atomic E-state index is 0.238. The van der Waals surface area contributed by atoms with Crippen LogP contribution in [0.2, 0.25) is 0 Å². The van der Waals surface area contributed by atoms with Crippen LogP contribution in [-0.2, 0) is 4.74 Å². The molecule has 1 amide bonds. The molecule has 1 N–H and O–H groups in total. The van der Waals surface area contributed by atoms with Gasteiger partial charge in [-0.1, -0.05) is 6.08 Å². The largest absolute Gasteiger partial charge is 0.497 e. The number of nitrogens with one attached hydrogen (secondary N) is 1. The predicted octanol–water partition coefficient (Wildman–Crippen LogP) is 3.42. The quantitative estimate of drug-likeness (QED) is 0.945. The topological polar surface area (TPSA) is 54.6 Å². The third-order valence-electron chi connectivity index (χ3n) is 3.97. The van der Waals surface area contributed by atoms with E-state index in [4.69, 9.17) is 9.47 Å². The molecule has 5 nitrogen and oxygen atoms in total. The number of carbonyl (C=O) groups excluding carboxylic acids is 1. The average molecular weight is 300 g/mol. The molecule has 1 aliphatic rings. The molecule has 116 valence electrons. The number of nitrogens with zero attached hydrogens (tertiary/aromatic N) is 1. The third kappa shape index (κ3) is 2.66. The second kappa shape index (κ2) is 6.13. The Balaban J connectivity index is 1.85. The molecule has 2 heterocycles. The average Bonchev–Trinajstić information content (AvgIpc) is 2.98. The molecule has 0 saturated carbocycles. The Bertz CT molecular complexity index is 718. The highest BCUT2D eigenvalue weighted by atomic mass is 16.6. The molecule has 1 aromatic heterocycles. The predicted molar refractivity (Wildman–Crippen MR) is 86.0 cm³/mol. The molecule has 0 spiro atoms. The Morgan fingerprint density at radius 2 is 2.27 bits per heavy atom. The van der Waals surface area contributed by atoms with Gasteiger partial charge in [0.15, 0.2) is 0 Å². The number of amides is 1. The lowest BCUT2D eigenvalue weighted by Gasteiger charge is -2.25.